The predicted molar refractivity (Wildman–Crippen MR) is 64.6 cm³/mol. The van der Waals surface area contributed by atoms with Crippen molar-refractivity contribution in [3.05, 3.63) is 24.0 Å². The highest BCUT2D eigenvalue weighted by atomic mass is 79.9. The van der Waals surface area contributed by atoms with E-state index in [1.165, 1.54) is 25.3 Å². The molecule has 1 amide bonds. The van der Waals surface area contributed by atoms with Gasteiger partial charge in [0, 0.05) is 6.07 Å². The van der Waals surface area contributed by atoms with Crippen molar-refractivity contribution < 1.29 is 13.9 Å². The van der Waals surface area contributed by atoms with Crippen LogP contribution in [0.2, 0.25) is 0 Å². The maximum absolute atomic E-state index is 12.9. The quantitative estimate of drug-likeness (QED) is 0.866. The number of anilines is 1. The van der Waals surface area contributed by atoms with E-state index in [1.807, 2.05) is 6.92 Å². The Morgan fingerprint density at radius 2 is 2.31 bits per heavy atom. The third-order valence-corrected chi connectivity index (χ3v) is 3.13. The molecule has 1 unspecified atom stereocenters. The minimum atomic E-state index is -0.402. The summed E-state index contributed by atoms with van der Waals surface area (Å²) in [6, 6.07) is 3.97. The van der Waals surface area contributed by atoms with E-state index in [1.54, 1.807) is 0 Å². The van der Waals surface area contributed by atoms with Crippen molar-refractivity contribution in [3.8, 4) is 5.75 Å². The average Bonchev–Trinajstić information content (AvgIpc) is 2.30. The van der Waals surface area contributed by atoms with Gasteiger partial charge < -0.3 is 10.1 Å². The van der Waals surface area contributed by atoms with E-state index in [-0.39, 0.29) is 10.7 Å². The second-order valence-corrected chi connectivity index (χ2v) is 4.31. The molecule has 16 heavy (non-hydrogen) atoms. The Balaban J connectivity index is 2.84. The van der Waals surface area contributed by atoms with Gasteiger partial charge in [0.25, 0.3) is 0 Å². The Morgan fingerprint density at radius 1 is 1.62 bits per heavy atom. The largest absolute Gasteiger partial charge is 0.494 e. The number of carbonyl (C=O) groups excluding carboxylic acids is 1. The molecule has 3 nitrogen and oxygen atoms in total. The maximum Gasteiger partial charge on any atom is 0.238 e. The third kappa shape index (κ3) is 3.20. The zero-order chi connectivity index (χ0) is 12.1. The molecule has 1 rings (SSSR count). The molecule has 0 aliphatic heterocycles. The van der Waals surface area contributed by atoms with E-state index in [4.69, 9.17) is 4.74 Å². The molecule has 0 heterocycles. The minimum absolute atomic E-state index is 0.174. The van der Waals surface area contributed by atoms with Crippen LogP contribution in [0.1, 0.15) is 13.3 Å². The molecule has 1 N–H and O–H groups in total. The third-order valence-electron chi connectivity index (χ3n) is 2.06. The smallest absolute Gasteiger partial charge is 0.238 e. The van der Waals surface area contributed by atoms with Crippen LogP contribution in [-0.2, 0) is 4.79 Å². The van der Waals surface area contributed by atoms with Crippen LogP contribution in [0, 0.1) is 5.82 Å². The van der Waals surface area contributed by atoms with Crippen LogP contribution in [0.15, 0.2) is 18.2 Å². The molecule has 1 atom stereocenters. The number of carbonyl (C=O) groups is 1. The average molecular weight is 290 g/mol. The Bertz CT molecular complexity index is 384. The number of hydrogen-bond acceptors (Lipinski definition) is 2. The molecule has 0 saturated heterocycles. The first-order valence-corrected chi connectivity index (χ1v) is 5.78. The number of nitrogens with one attached hydrogen (secondary N) is 1. The summed E-state index contributed by atoms with van der Waals surface area (Å²) in [5, 5.41) is 2.66. The van der Waals surface area contributed by atoms with Gasteiger partial charge in [-0.1, -0.05) is 22.9 Å². The van der Waals surface area contributed by atoms with Crippen LogP contribution in [0.3, 0.4) is 0 Å². The van der Waals surface area contributed by atoms with Gasteiger partial charge in [0.15, 0.2) is 0 Å². The number of methoxy groups -OCH3 is 1. The van der Waals surface area contributed by atoms with Gasteiger partial charge in [0.1, 0.15) is 11.6 Å². The molecule has 0 aliphatic rings. The van der Waals surface area contributed by atoms with Crippen molar-refractivity contribution in [2.24, 2.45) is 0 Å². The molecule has 0 saturated carbocycles. The fraction of sp³-hybridized carbons (Fsp3) is 0.364. The lowest BCUT2D eigenvalue weighted by atomic mass is 10.2. The van der Waals surface area contributed by atoms with E-state index in [2.05, 4.69) is 21.2 Å². The SMILES string of the molecule is CCC(Br)C(=O)Nc1ccc(F)cc1OC. The zero-order valence-corrected chi connectivity index (χ0v) is 10.7. The summed E-state index contributed by atoms with van der Waals surface area (Å²) in [6.07, 6.45) is 0.676. The van der Waals surface area contributed by atoms with Crippen molar-refractivity contribution in [1.29, 1.82) is 0 Å². The van der Waals surface area contributed by atoms with E-state index < -0.39 is 5.82 Å². The standard InChI is InChI=1S/C11H13BrFNO2/c1-3-8(12)11(15)14-9-5-4-7(13)6-10(9)16-2/h4-6,8H,3H2,1-2H3,(H,14,15). The van der Waals surface area contributed by atoms with Crippen LogP contribution in [0.4, 0.5) is 10.1 Å². The molecule has 0 aromatic heterocycles. The van der Waals surface area contributed by atoms with Crippen LogP contribution >= 0.6 is 15.9 Å². The van der Waals surface area contributed by atoms with Gasteiger partial charge in [-0.3, -0.25) is 4.79 Å². The Labute approximate surface area is 102 Å². The first-order chi connectivity index (χ1) is 7.58. The Hall–Kier alpha value is -1.10. The summed E-state index contributed by atoms with van der Waals surface area (Å²) in [7, 11) is 1.43. The summed E-state index contributed by atoms with van der Waals surface area (Å²) >= 11 is 3.23. The molecule has 0 aliphatic carbocycles. The summed E-state index contributed by atoms with van der Waals surface area (Å²) in [5.74, 6) is -0.266. The number of benzene rings is 1. The summed E-state index contributed by atoms with van der Waals surface area (Å²) < 4.78 is 17.9. The molecule has 1 aromatic carbocycles. The number of halogens is 2. The monoisotopic (exact) mass is 289 g/mol. The fourth-order valence-corrected chi connectivity index (χ4v) is 1.28. The first-order valence-electron chi connectivity index (χ1n) is 4.87. The van der Waals surface area contributed by atoms with Crippen LogP contribution < -0.4 is 10.1 Å². The van der Waals surface area contributed by atoms with Crippen LogP contribution in [-0.4, -0.2) is 17.8 Å². The second kappa shape index (κ2) is 5.84. The number of amides is 1. The lowest BCUT2D eigenvalue weighted by Crippen LogP contribution is -2.22. The Kier molecular flexibility index (Phi) is 4.73. The van der Waals surface area contributed by atoms with Gasteiger partial charge in [-0.25, -0.2) is 4.39 Å². The van der Waals surface area contributed by atoms with Crippen LogP contribution in [0.25, 0.3) is 0 Å². The van der Waals surface area contributed by atoms with Gasteiger partial charge in [-0.05, 0) is 18.6 Å². The lowest BCUT2D eigenvalue weighted by molar-refractivity contribution is -0.115. The summed E-state index contributed by atoms with van der Waals surface area (Å²) in [5.41, 5.74) is 0.465. The van der Waals surface area contributed by atoms with E-state index >= 15 is 0 Å². The highest BCUT2D eigenvalue weighted by molar-refractivity contribution is 9.10. The molecule has 0 bridgehead atoms. The van der Waals surface area contributed by atoms with Gasteiger partial charge in [-0.15, -0.1) is 0 Å². The van der Waals surface area contributed by atoms with Crippen molar-refractivity contribution in [2.45, 2.75) is 18.2 Å². The van der Waals surface area contributed by atoms with Gasteiger partial charge in [0.05, 0.1) is 17.6 Å². The van der Waals surface area contributed by atoms with Crippen molar-refractivity contribution >= 4 is 27.5 Å². The number of rotatable bonds is 4. The molecule has 0 fully saturated rings. The highest BCUT2D eigenvalue weighted by Gasteiger charge is 2.14. The van der Waals surface area contributed by atoms with Crippen LogP contribution in [0.5, 0.6) is 5.75 Å². The molecule has 5 heteroatoms. The first kappa shape index (κ1) is 13.0. The van der Waals surface area contributed by atoms with Gasteiger partial charge in [0.2, 0.25) is 5.91 Å². The molecular weight excluding hydrogens is 277 g/mol. The summed E-state index contributed by atoms with van der Waals surface area (Å²) in [6.45, 7) is 1.89. The zero-order valence-electron chi connectivity index (χ0n) is 9.09. The fourth-order valence-electron chi connectivity index (χ4n) is 1.16. The van der Waals surface area contributed by atoms with E-state index in [0.717, 1.165) is 0 Å². The number of alkyl halides is 1. The number of hydrogen-bond donors (Lipinski definition) is 1. The molecule has 0 radical (unpaired) electrons. The molecule has 0 spiro atoms. The molecular formula is C11H13BrFNO2. The van der Waals surface area contributed by atoms with Crippen molar-refractivity contribution in [2.75, 3.05) is 12.4 Å². The maximum atomic E-state index is 12.9. The molecule has 88 valence electrons. The summed E-state index contributed by atoms with van der Waals surface area (Å²) in [4.78, 5) is 11.3. The predicted octanol–water partition coefficient (Wildman–Crippen LogP) is 2.95. The second-order valence-electron chi connectivity index (χ2n) is 3.21. The van der Waals surface area contributed by atoms with Crippen molar-refractivity contribution in [3.63, 3.8) is 0 Å². The van der Waals surface area contributed by atoms with Gasteiger partial charge in [-0.2, -0.15) is 0 Å². The highest BCUT2D eigenvalue weighted by Crippen LogP contribution is 2.25. The van der Waals surface area contributed by atoms with E-state index in [9.17, 15) is 9.18 Å². The normalized spacial score (nSPS) is 12.0. The van der Waals surface area contributed by atoms with Crippen molar-refractivity contribution in [1.82, 2.24) is 0 Å². The molecule has 1 aromatic rings. The Morgan fingerprint density at radius 3 is 2.88 bits per heavy atom. The minimum Gasteiger partial charge on any atom is -0.494 e. The van der Waals surface area contributed by atoms with Gasteiger partial charge >= 0.3 is 0 Å². The number of ether oxygens (including phenoxy) is 1. The topological polar surface area (TPSA) is 38.3 Å². The van der Waals surface area contributed by atoms with E-state index in [0.29, 0.717) is 17.9 Å². The lowest BCUT2D eigenvalue weighted by Gasteiger charge is -2.12.